The molecule has 9 heteroatoms. The van der Waals surface area contributed by atoms with Crippen LogP contribution in [0, 0.1) is 0 Å². The summed E-state index contributed by atoms with van der Waals surface area (Å²) in [5.74, 6) is 0.509. The number of aliphatic hydroxyl groups is 1. The quantitative estimate of drug-likeness (QED) is 0.866. The number of benzene rings is 1. The minimum absolute atomic E-state index is 0.101. The average Bonchev–Trinajstić information content (AvgIpc) is 2.78. The molecule has 0 aromatic heterocycles. The van der Waals surface area contributed by atoms with Gasteiger partial charge in [0.25, 0.3) is 5.72 Å². The van der Waals surface area contributed by atoms with Gasteiger partial charge in [-0.05, 0) is 29.8 Å². The highest BCUT2D eigenvalue weighted by Gasteiger charge is 2.63. The van der Waals surface area contributed by atoms with E-state index in [1.54, 1.807) is 0 Å². The topological polar surface area (TPSA) is 88.1 Å². The first-order valence-corrected chi connectivity index (χ1v) is 5.80. The van der Waals surface area contributed by atoms with Crippen LogP contribution in [-0.2, 0) is 0 Å². The highest BCUT2D eigenvalue weighted by Crippen LogP contribution is 2.41. The number of halogens is 3. The zero-order chi connectivity index (χ0) is 15.8. The molecule has 1 atom stereocenters. The Morgan fingerprint density at radius 1 is 1.43 bits per heavy atom. The second-order valence-corrected chi connectivity index (χ2v) is 4.42. The first-order chi connectivity index (χ1) is 9.69. The summed E-state index contributed by atoms with van der Waals surface area (Å²) in [6.07, 6.45) is -5.98. The molecular formula is C12H12F3N3O3. The molecule has 2 rings (SSSR count). The minimum atomic E-state index is -5.08. The number of urea groups is 1. The van der Waals surface area contributed by atoms with Crippen LogP contribution < -0.4 is 10.5 Å². The van der Waals surface area contributed by atoms with Gasteiger partial charge < -0.3 is 15.6 Å². The van der Waals surface area contributed by atoms with E-state index in [0.717, 1.165) is 0 Å². The summed E-state index contributed by atoms with van der Waals surface area (Å²) in [4.78, 5) is 11.1. The monoisotopic (exact) mass is 303 g/mol. The lowest BCUT2D eigenvalue weighted by Crippen LogP contribution is -2.57. The van der Waals surface area contributed by atoms with E-state index in [9.17, 15) is 23.1 Å². The molecule has 1 heterocycles. The van der Waals surface area contributed by atoms with E-state index in [0.29, 0.717) is 11.3 Å². The van der Waals surface area contributed by atoms with Crippen molar-refractivity contribution in [2.45, 2.75) is 18.3 Å². The van der Waals surface area contributed by atoms with Crippen molar-refractivity contribution < 1.29 is 27.8 Å². The van der Waals surface area contributed by atoms with Gasteiger partial charge in [0.2, 0.25) is 0 Å². The molecule has 0 fully saturated rings. The summed E-state index contributed by atoms with van der Waals surface area (Å²) in [5.41, 5.74) is 1.64. The van der Waals surface area contributed by atoms with Crippen molar-refractivity contribution in [2.24, 2.45) is 10.8 Å². The van der Waals surface area contributed by atoms with Crippen molar-refractivity contribution in [3.8, 4) is 5.75 Å². The van der Waals surface area contributed by atoms with E-state index in [2.05, 4.69) is 5.10 Å². The molecule has 1 aliphatic rings. The van der Waals surface area contributed by atoms with Crippen LogP contribution in [0.2, 0.25) is 0 Å². The molecule has 0 saturated carbocycles. The molecule has 0 radical (unpaired) electrons. The molecule has 1 aromatic rings. The maximum absolute atomic E-state index is 13.0. The molecule has 0 saturated heterocycles. The highest BCUT2D eigenvalue weighted by atomic mass is 19.4. The predicted molar refractivity (Wildman–Crippen MR) is 66.6 cm³/mol. The number of hydrazone groups is 1. The third-order valence-electron chi connectivity index (χ3n) is 3.07. The number of alkyl halides is 3. The van der Waals surface area contributed by atoms with Gasteiger partial charge in [-0.3, -0.25) is 0 Å². The fraction of sp³-hybridized carbons (Fsp3) is 0.333. The molecule has 6 nitrogen and oxygen atoms in total. The summed E-state index contributed by atoms with van der Waals surface area (Å²) < 4.78 is 43.8. The average molecular weight is 303 g/mol. The second-order valence-electron chi connectivity index (χ2n) is 4.42. The Hall–Kier alpha value is -2.29. The first-order valence-electron chi connectivity index (χ1n) is 5.80. The smallest absolute Gasteiger partial charge is 0.438 e. The van der Waals surface area contributed by atoms with E-state index in [4.69, 9.17) is 10.5 Å². The van der Waals surface area contributed by atoms with Crippen molar-refractivity contribution in [1.29, 1.82) is 0 Å². The zero-order valence-electron chi connectivity index (χ0n) is 10.9. The van der Waals surface area contributed by atoms with E-state index in [-0.39, 0.29) is 10.7 Å². The third kappa shape index (κ3) is 2.51. The van der Waals surface area contributed by atoms with Gasteiger partial charge in [-0.1, -0.05) is 0 Å². The van der Waals surface area contributed by atoms with Crippen molar-refractivity contribution in [3.05, 3.63) is 29.8 Å². The number of methoxy groups -OCH3 is 1. The number of rotatable bonds is 2. The van der Waals surface area contributed by atoms with Crippen LogP contribution in [0.3, 0.4) is 0 Å². The van der Waals surface area contributed by atoms with Crippen LogP contribution in [-0.4, -0.2) is 40.9 Å². The third-order valence-corrected chi connectivity index (χ3v) is 3.07. The normalized spacial score (nSPS) is 22.1. The van der Waals surface area contributed by atoms with Gasteiger partial charge in [0.15, 0.2) is 0 Å². The number of nitrogens with zero attached hydrogens (tertiary/aromatic N) is 2. The Morgan fingerprint density at radius 2 is 2.00 bits per heavy atom. The number of hydrogen-bond donors (Lipinski definition) is 2. The standard InChI is InChI=1S/C12H12F3N3O3/c1-21-8-4-2-7(3-5-8)9-6-11(20,12(13,14)15)18(17-9)10(16)19/h2-5,20H,6H2,1H3,(H2,16,19)/t11-/m0/s1. The molecule has 2 amide bonds. The molecule has 1 aliphatic heterocycles. The molecule has 0 aliphatic carbocycles. The van der Waals surface area contributed by atoms with Crippen molar-refractivity contribution in [1.82, 2.24) is 5.01 Å². The van der Waals surface area contributed by atoms with E-state index in [1.165, 1.54) is 31.4 Å². The van der Waals surface area contributed by atoms with Gasteiger partial charge in [-0.15, -0.1) is 0 Å². The van der Waals surface area contributed by atoms with Crippen LogP contribution in [0.4, 0.5) is 18.0 Å². The van der Waals surface area contributed by atoms with Crippen molar-refractivity contribution in [3.63, 3.8) is 0 Å². The predicted octanol–water partition coefficient (Wildman–Crippen LogP) is 1.43. The number of primary amides is 1. The van der Waals surface area contributed by atoms with Gasteiger partial charge in [0, 0.05) is 0 Å². The van der Waals surface area contributed by atoms with Gasteiger partial charge >= 0.3 is 12.2 Å². The minimum Gasteiger partial charge on any atom is -0.497 e. The van der Waals surface area contributed by atoms with Crippen molar-refractivity contribution in [2.75, 3.05) is 7.11 Å². The fourth-order valence-electron chi connectivity index (χ4n) is 1.94. The summed E-state index contributed by atoms with van der Waals surface area (Å²) in [5, 5.41) is 13.1. The molecule has 114 valence electrons. The summed E-state index contributed by atoms with van der Waals surface area (Å²) in [6, 6.07) is 4.51. The summed E-state index contributed by atoms with van der Waals surface area (Å²) >= 11 is 0. The lowest BCUT2D eigenvalue weighted by atomic mass is 10.0. The number of carbonyl (C=O) groups is 1. The first kappa shape index (κ1) is 15.1. The highest BCUT2D eigenvalue weighted by molar-refractivity contribution is 6.03. The van der Waals surface area contributed by atoms with Gasteiger partial charge in [0.1, 0.15) is 5.75 Å². The van der Waals surface area contributed by atoms with Crippen LogP contribution in [0.15, 0.2) is 29.4 Å². The molecular weight excluding hydrogens is 291 g/mol. The van der Waals surface area contributed by atoms with Crippen LogP contribution in [0.1, 0.15) is 12.0 Å². The number of amides is 2. The zero-order valence-corrected chi connectivity index (χ0v) is 10.9. The number of carbonyl (C=O) groups excluding carboxylic acids is 1. The van der Waals surface area contributed by atoms with E-state index in [1.807, 2.05) is 0 Å². The Kier molecular flexibility index (Phi) is 3.54. The van der Waals surface area contributed by atoms with Crippen LogP contribution in [0.25, 0.3) is 0 Å². The van der Waals surface area contributed by atoms with E-state index < -0.39 is 24.4 Å². The number of hydrogen-bond acceptors (Lipinski definition) is 4. The van der Waals surface area contributed by atoms with Gasteiger partial charge in [-0.2, -0.15) is 23.3 Å². The lowest BCUT2D eigenvalue weighted by Gasteiger charge is -2.31. The van der Waals surface area contributed by atoms with Crippen molar-refractivity contribution >= 4 is 11.7 Å². The summed E-state index contributed by atoms with van der Waals surface area (Å²) in [6.45, 7) is 0. The largest absolute Gasteiger partial charge is 0.497 e. The Morgan fingerprint density at radius 3 is 2.38 bits per heavy atom. The molecule has 3 N–H and O–H groups in total. The summed E-state index contributed by atoms with van der Waals surface area (Å²) in [7, 11) is 1.44. The Balaban J connectivity index is 2.38. The Labute approximate surface area is 117 Å². The van der Waals surface area contributed by atoms with Crippen LogP contribution in [0.5, 0.6) is 5.75 Å². The van der Waals surface area contributed by atoms with Gasteiger partial charge in [-0.25, -0.2) is 4.79 Å². The Bertz CT molecular complexity index is 586. The number of nitrogens with two attached hydrogens (primary N) is 1. The molecule has 21 heavy (non-hydrogen) atoms. The SMILES string of the molecule is COc1ccc(C2=NN(C(N)=O)[C@@](O)(C(F)(F)F)C2)cc1. The molecule has 1 aromatic carbocycles. The fourth-order valence-corrected chi connectivity index (χ4v) is 1.94. The lowest BCUT2D eigenvalue weighted by molar-refractivity contribution is -0.296. The number of ether oxygens (including phenoxy) is 1. The molecule has 0 unspecified atom stereocenters. The molecule has 0 bridgehead atoms. The maximum Gasteiger partial charge on any atom is 0.438 e. The van der Waals surface area contributed by atoms with Crippen LogP contribution >= 0.6 is 0 Å². The van der Waals surface area contributed by atoms with Gasteiger partial charge in [0.05, 0.1) is 19.2 Å². The van der Waals surface area contributed by atoms with E-state index >= 15 is 0 Å². The second kappa shape index (κ2) is 4.92. The maximum atomic E-state index is 13.0. The molecule has 0 spiro atoms.